The predicted octanol–water partition coefficient (Wildman–Crippen LogP) is 5.86. The predicted molar refractivity (Wildman–Crippen MR) is 159 cm³/mol. The third-order valence-electron chi connectivity index (χ3n) is 7.98. The van der Waals surface area contributed by atoms with E-state index in [-0.39, 0.29) is 43.4 Å². The second-order valence-electron chi connectivity index (χ2n) is 9.76. The lowest BCUT2D eigenvalue weighted by Gasteiger charge is -2.57. The number of methoxy groups -OCH3 is 1. The molecule has 37 heavy (non-hydrogen) atoms. The number of piperidine rings is 3. The van der Waals surface area contributed by atoms with Crippen molar-refractivity contribution >= 4 is 36.6 Å². The van der Waals surface area contributed by atoms with Crippen molar-refractivity contribution in [2.45, 2.75) is 35.9 Å². The van der Waals surface area contributed by atoms with Crippen LogP contribution in [0, 0.1) is 11.8 Å². The van der Waals surface area contributed by atoms with Crippen LogP contribution in [0.5, 0.6) is 5.75 Å². The first-order chi connectivity index (χ1) is 17.2. The molecule has 3 heterocycles. The number of hydrogen-bond donors (Lipinski definition) is 2. The van der Waals surface area contributed by atoms with Gasteiger partial charge in [-0.25, -0.2) is 0 Å². The summed E-state index contributed by atoms with van der Waals surface area (Å²) in [6.07, 6.45) is 3.23. The summed E-state index contributed by atoms with van der Waals surface area (Å²) in [6, 6.07) is 28.9. The van der Waals surface area contributed by atoms with Crippen LogP contribution in [0.1, 0.15) is 29.0 Å². The zero-order valence-corrected chi connectivity index (χ0v) is 23.9. The highest BCUT2D eigenvalue weighted by Gasteiger charge is 2.50. The number of nitrogens with one attached hydrogen (secondary N) is 1. The van der Waals surface area contributed by atoms with E-state index in [2.05, 4.69) is 95.3 Å². The van der Waals surface area contributed by atoms with E-state index in [1.54, 1.807) is 18.9 Å². The topological polar surface area (TPSA) is 44.7 Å². The minimum Gasteiger partial charge on any atom is -0.496 e. The maximum absolute atomic E-state index is 10.2. The van der Waals surface area contributed by atoms with Gasteiger partial charge >= 0.3 is 0 Å². The molecule has 5 atom stereocenters. The molecule has 7 heteroatoms. The summed E-state index contributed by atoms with van der Waals surface area (Å²) < 4.78 is 5.70. The second-order valence-corrected chi connectivity index (χ2v) is 10.6. The van der Waals surface area contributed by atoms with Crippen LogP contribution < -0.4 is 10.1 Å². The molecule has 3 fully saturated rings. The lowest BCUT2D eigenvalue weighted by atomic mass is 9.66. The Balaban J connectivity index is 0.00000190. The van der Waals surface area contributed by atoms with Gasteiger partial charge in [-0.15, -0.1) is 36.6 Å². The van der Waals surface area contributed by atoms with Crippen molar-refractivity contribution in [2.75, 3.05) is 33.1 Å². The van der Waals surface area contributed by atoms with Gasteiger partial charge in [-0.05, 0) is 60.4 Å². The summed E-state index contributed by atoms with van der Waals surface area (Å²) in [6.45, 7) is 3.05. The van der Waals surface area contributed by atoms with Crippen molar-refractivity contribution < 1.29 is 9.84 Å². The molecule has 0 saturated carbocycles. The molecular formula is C30H38Cl2N2O2S. The van der Waals surface area contributed by atoms with Gasteiger partial charge in [0.15, 0.2) is 0 Å². The number of rotatable bonds is 9. The Morgan fingerprint density at radius 2 is 1.65 bits per heavy atom. The number of hydrogen-bond acceptors (Lipinski definition) is 5. The van der Waals surface area contributed by atoms with Gasteiger partial charge in [-0.3, -0.25) is 4.90 Å². The number of aliphatic hydroxyl groups excluding tert-OH is 1. The van der Waals surface area contributed by atoms with Gasteiger partial charge in [-0.2, -0.15) is 0 Å². The molecule has 3 aromatic carbocycles. The van der Waals surface area contributed by atoms with E-state index in [9.17, 15) is 5.11 Å². The molecular weight excluding hydrogens is 523 g/mol. The molecule has 0 aliphatic carbocycles. The van der Waals surface area contributed by atoms with Crippen LogP contribution in [0.3, 0.4) is 0 Å². The van der Waals surface area contributed by atoms with Crippen molar-refractivity contribution in [1.29, 1.82) is 0 Å². The molecule has 2 bridgehead atoms. The van der Waals surface area contributed by atoms with E-state index in [1.807, 2.05) is 0 Å². The standard InChI is InChI=1S/C30H36N2O2S.2ClH/c1-34-27-14-13-25(35-2)17-23(27)18-31-29-26-15-16-32(19-24(26)20-33)30(29)28(21-9-5-3-6-10-21)22-11-7-4-8-12-22;;/h3-14,17,24,26,28-31,33H,15-16,18-20H2,1-2H3;2*1H/t24-,26+,29+,30+;;/m1../s1. The molecule has 200 valence electrons. The molecule has 2 N–H and O–H groups in total. The van der Waals surface area contributed by atoms with Gasteiger partial charge in [0.05, 0.1) is 7.11 Å². The summed E-state index contributed by atoms with van der Waals surface area (Å²) in [5.41, 5.74) is 3.89. The average molecular weight is 562 g/mol. The van der Waals surface area contributed by atoms with E-state index in [1.165, 1.54) is 21.6 Å². The van der Waals surface area contributed by atoms with Crippen LogP contribution in [0.15, 0.2) is 83.8 Å². The minimum absolute atomic E-state index is 0. The van der Waals surface area contributed by atoms with E-state index >= 15 is 0 Å². The zero-order chi connectivity index (χ0) is 24.2. The third-order valence-corrected chi connectivity index (χ3v) is 8.71. The van der Waals surface area contributed by atoms with Gasteiger partial charge in [0.2, 0.25) is 0 Å². The van der Waals surface area contributed by atoms with E-state index < -0.39 is 0 Å². The zero-order valence-electron chi connectivity index (χ0n) is 21.5. The first-order valence-corrected chi connectivity index (χ1v) is 13.8. The fraction of sp³-hybridized carbons (Fsp3) is 0.400. The van der Waals surface area contributed by atoms with Crippen molar-refractivity contribution in [3.05, 3.63) is 95.6 Å². The summed E-state index contributed by atoms with van der Waals surface area (Å²) >= 11 is 1.76. The average Bonchev–Trinajstić information content (AvgIpc) is 2.93. The van der Waals surface area contributed by atoms with E-state index in [0.29, 0.717) is 17.9 Å². The van der Waals surface area contributed by atoms with Gasteiger partial charge in [0.1, 0.15) is 5.75 Å². The first kappa shape index (κ1) is 29.8. The van der Waals surface area contributed by atoms with Gasteiger partial charge in [0, 0.05) is 48.2 Å². The molecule has 0 aromatic heterocycles. The maximum Gasteiger partial charge on any atom is 0.123 e. The van der Waals surface area contributed by atoms with Crippen molar-refractivity contribution in [2.24, 2.45) is 11.8 Å². The molecule has 0 spiro atoms. The van der Waals surface area contributed by atoms with Crippen molar-refractivity contribution in [1.82, 2.24) is 10.2 Å². The van der Waals surface area contributed by atoms with Gasteiger partial charge < -0.3 is 15.2 Å². The Hall–Kier alpha value is -1.73. The number of aliphatic hydroxyl groups is 1. The monoisotopic (exact) mass is 560 g/mol. The Bertz CT molecular complexity index is 1070. The normalized spacial score (nSPS) is 24.3. The highest BCUT2D eigenvalue weighted by atomic mass is 35.5. The molecule has 4 nitrogen and oxygen atoms in total. The molecule has 6 rings (SSSR count). The Morgan fingerprint density at radius 1 is 1.00 bits per heavy atom. The second kappa shape index (κ2) is 13.9. The van der Waals surface area contributed by atoms with Crippen LogP contribution in [-0.4, -0.2) is 55.2 Å². The molecule has 3 saturated heterocycles. The molecule has 3 aromatic rings. The molecule has 0 amide bonds. The number of fused-ring (bicyclic) bond motifs is 3. The van der Waals surface area contributed by atoms with Crippen LogP contribution in [0.25, 0.3) is 0 Å². The van der Waals surface area contributed by atoms with Crippen molar-refractivity contribution in [3.8, 4) is 5.75 Å². The number of ether oxygens (including phenoxy) is 1. The highest BCUT2D eigenvalue weighted by Crippen LogP contribution is 2.44. The largest absolute Gasteiger partial charge is 0.496 e. The summed E-state index contributed by atoms with van der Waals surface area (Å²) in [4.78, 5) is 3.88. The van der Waals surface area contributed by atoms with E-state index in [0.717, 1.165) is 31.8 Å². The van der Waals surface area contributed by atoms with Gasteiger partial charge in [0.25, 0.3) is 0 Å². The number of nitrogens with zero attached hydrogens (tertiary/aromatic N) is 1. The fourth-order valence-corrected chi connectivity index (χ4v) is 6.81. The lowest BCUT2D eigenvalue weighted by Crippen LogP contribution is -2.67. The fourth-order valence-electron chi connectivity index (χ4n) is 6.34. The molecule has 0 radical (unpaired) electrons. The maximum atomic E-state index is 10.2. The summed E-state index contributed by atoms with van der Waals surface area (Å²) in [5, 5.41) is 14.2. The van der Waals surface area contributed by atoms with Crippen LogP contribution >= 0.6 is 36.6 Å². The Kier molecular flexibility index (Phi) is 11.2. The Labute approximate surface area is 238 Å². The number of benzene rings is 3. The lowest BCUT2D eigenvalue weighted by molar-refractivity contribution is -0.0536. The smallest absolute Gasteiger partial charge is 0.123 e. The quantitative estimate of drug-likeness (QED) is 0.321. The van der Waals surface area contributed by atoms with Crippen LogP contribution in [0.2, 0.25) is 0 Å². The third kappa shape index (κ3) is 6.30. The SMILES string of the molecule is COc1ccc(SC)cc1CN[C@H]1[C@H]2CCN(C[C@@H]2CO)[C@H]1C(c1ccccc1)c1ccccc1.Cl.Cl. The first-order valence-electron chi connectivity index (χ1n) is 12.6. The number of halogens is 2. The molecule has 1 unspecified atom stereocenters. The Morgan fingerprint density at radius 3 is 2.22 bits per heavy atom. The van der Waals surface area contributed by atoms with Crippen LogP contribution in [0.4, 0.5) is 0 Å². The van der Waals surface area contributed by atoms with Gasteiger partial charge in [-0.1, -0.05) is 60.7 Å². The van der Waals surface area contributed by atoms with Crippen LogP contribution in [-0.2, 0) is 6.54 Å². The minimum atomic E-state index is 0. The number of thioether (sulfide) groups is 1. The molecule has 3 aliphatic heterocycles. The highest BCUT2D eigenvalue weighted by molar-refractivity contribution is 7.98. The summed E-state index contributed by atoms with van der Waals surface area (Å²) in [5.74, 6) is 1.94. The van der Waals surface area contributed by atoms with E-state index in [4.69, 9.17) is 4.74 Å². The summed E-state index contributed by atoms with van der Waals surface area (Å²) in [7, 11) is 1.75. The molecule has 3 aliphatic rings. The van der Waals surface area contributed by atoms with Crippen molar-refractivity contribution in [3.63, 3.8) is 0 Å².